The molecule has 4 rings (SSSR count). The van der Waals surface area contributed by atoms with Gasteiger partial charge in [-0.3, -0.25) is 14.8 Å². The van der Waals surface area contributed by atoms with Crippen LogP contribution < -0.4 is 4.90 Å². The molecule has 29 heavy (non-hydrogen) atoms. The quantitative estimate of drug-likeness (QED) is 0.518. The summed E-state index contributed by atoms with van der Waals surface area (Å²) in [7, 11) is -3.78. The third kappa shape index (κ3) is 4.10. The molecule has 0 radical (unpaired) electrons. The maximum Gasteiger partial charge on any atom is 0.270 e. The summed E-state index contributed by atoms with van der Waals surface area (Å²) in [5, 5.41) is 15.4. The van der Waals surface area contributed by atoms with E-state index in [9.17, 15) is 18.5 Å². The number of hydrogen-bond donors (Lipinski definition) is 0. The van der Waals surface area contributed by atoms with Crippen molar-refractivity contribution in [2.75, 3.05) is 31.1 Å². The van der Waals surface area contributed by atoms with E-state index in [1.807, 2.05) is 4.90 Å². The van der Waals surface area contributed by atoms with Crippen LogP contribution in [0.1, 0.15) is 25.7 Å². The van der Waals surface area contributed by atoms with Gasteiger partial charge in [0.25, 0.3) is 5.69 Å². The van der Waals surface area contributed by atoms with Crippen LogP contribution in [0.3, 0.4) is 0 Å². The molecule has 1 aromatic carbocycles. The van der Waals surface area contributed by atoms with E-state index in [0.717, 1.165) is 25.7 Å². The molecule has 1 unspecified atom stereocenters. The van der Waals surface area contributed by atoms with Crippen LogP contribution in [0.4, 0.5) is 11.4 Å². The molecule has 0 amide bonds. The highest BCUT2D eigenvalue weighted by Crippen LogP contribution is 2.35. The van der Waals surface area contributed by atoms with Gasteiger partial charge in [0.2, 0.25) is 10.0 Å². The van der Waals surface area contributed by atoms with Crippen molar-refractivity contribution in [1.82, 2.24) is 19.1 Å². The lowest BCUT2D eigenvalue weighted by molar-refractivity contribution is -0.385. The number of rotatable bonds is 6. The maximum absolute atomic E-state index is 13.3. The normalized spacial score (nSPS) is 20.8. The van der Waals surface area contributed by atoms with Gasteiger partial charge < -0.3 is 4.90 Å². The van der Waals surface area contributed by atoms with E-state index >= 15 is 0 Å². The standard InChI is InChI=1S/C18H24N6O4S/c25-24(26)16-5-6-17(18(10-16)29(27,28)23-8-1-2-9-23)21-7-3-4-15(11-21)12-22-14-19-13-20-22/h5-6,10,13-15H,1-4,7-9,11-12H2. The zero-order valence-corrected chi connectivity index (χ0v) is 16.9. The third-order valence-electron chi connectivity index (χ3n) is 5.61. The number of nitrogens with zero attached hydrogens (tertiary/aromatic N) is 6. The lowest BCUT2D eigenvalue weighted by Crippen LogP contribution is -2.38. The number of nitro benzene ring substituents is 1. The number of non-ortho nitro benzene ring substituents is 1. The SMILES string of the molecule is O=[N+]([O-])c1ccc(N2CCCC(Cn3cncn3)C2)c(S(=O)(=O)N2CCCC2)c1. The highest BCUT2D eigenvalue weighted by atomic mass is 32.2. The van der Waals surface area contributed by atoms with Crippen molar-refractivity contribution in [3.05, 3.63) is 41.0 Å². The van der Waals surface area contributed by atoms with Crippen molar-refractivity contribution in [2.45, 2.75) is 37.1 Å². The Morgan fingerprint density at radius 3 is 2.66 bits per heavy atom. The second kappa shape index (κ2) is 8.07. The Bertz CT molecular complexity index is 972. The summed E-state index contributed by atoms with van der Waals surface area (Å²) in [6.07, 6.45) is 6.73. The van der Waals surface area contributed by atoms with Crippen molar-refractivity contribution in [3.63, 3.8) is 0 Å². The van der Waals surface area contributed by atoms with Gasteiger partial charge in [-0.15, -0.1) is 0 Å². The van der Waals surface area contributed by atoms with E-state index in [2.05, 4.69) is 10.1 Å². The third-order valence-corrected chi connectivity index (χ3v) is 7.54. The summed E-state index contributed by atoms with van der Waals surface area (Å²) in [5.41, 5.74) is 0.341. The molecule has 10 nitrogen and oxygen atoms in total. The number of sulfonamides is 1. The van der Waals surface area contributed by atoms with Crippen LogP contribution in [0, 0.1) is 16.0 Å². The molecule has 1 atom stereocenters. The Morgan fingerprint density at radius 1 is 1.17 bits per heavy atom. The van der Waals surface area contributed by atoms with Crippen molar-refractivity contribution in [2.24, 2.45) is 5.92 Å². The molecule has 11 heteroatoms. The first-order chi connectivity index (χ1) is 13.9. The molecule has 1 aromatic heterocycles. The van der Waals surface area contributed by atoms with Crippen LogP contribution in [0.25, 0.3) is 0 Å². The van der Waals surface area contributed by atoms with E-state index in [1.165, 1.54) is 22.8 Å². The van der Waals surface area contributed by atoms with Crippen molar-refractivity contribution >= 4 is 21.4 Å². The second-order valence-corrected chi connectivity index (χ2v) is 9.50. The zero-order valence-electron chi connectivity index (χ0n) is 16.1. The summed E-state index contributed by atoms with van der Waals surface area (Å²) >= 11 is 0. The molecule has 0 saturated carbocycles. The minimum Gasteiger partial charge on any atom is -0.370 e. The average molecular weight is 420 g/mol. The molecule has 2 saturated heterocycles. The Morgan fingerprint density at radius 2 is 1.97 bits per heavy atom. The number of benzene rings is 1. The highest BCUT2D eigenvalue weighted by molar-refractivity contribution is 7.89. The van der Waals surface area contributed by atoms with Gasteiger partial charge in [0, 0.05) is 44.9 Å². The number of piperidine rings is 1. The van der Waals surface area contributed by atoms with Crippen molar-refractivity contribution in [3.8, 4) is 0 Å². The van der Waals surface area contributed by atoms with Gasteiger partial charge in [-0.1, -0.05) is 0 Å². The first kappa shape index (κ1) is 19.8. The Hall–Kier alpha value is -2.53. The Balaban J connectivity index is 1.66. The summed E-state index contributed by atoms with van der Waals surface area (Å²) in [6.45, 7) is 3.00. The van der Waals surface area contributed by atoms with Gasteiger partial charge in [0.05, 0.1) is 10.6 Å². The molecule has 0 spiro atoms. The maximum atomic E-state index is 13.3. The first-order valence-corrected chi connectivity index (χ1v) is 11.2. The van der Waals surface area contributed by atoms with E-state index in [4.69, 9.17) is 0 Å². The Kier molecular flexibility index (Phi) is 5.50. The van der Waals surface area contributed by atoms with Crippen LogP contribution in [0.5, 0.6) is 0 Å². The molecule has 0 bridgehead atoms. The lowest BCUT2D eigenvalue weighted by Gasteiger charge is -2.35. The van der Waals surface area contributed by atoms with Crippen molar-refractivity contribution < 1.29 is 13.3 Å². The van der Waals surface area contributed by atoms with Crippen LogP contribution in [-0.2, 0) is 16.6 Å². The van der Waals surface area contributed by atoms with Gasteiger partial charge >= 0.3 is 0 Å². The fraction of sp³-hybridized carbons (Fsp3) is 0.556. The van der Waals surface area contributed by atoms with Gasteiger partial charge in [-0.25, -0.2) is 13.4 Å². The first-order valence-electron chi connectivity index (χ1n) is 9.81. The summed E-state index contributed by atoms with van der Waals surface area (Å²) in [5.74, 6) is 0.294. The molecule has 0 N–H and O–H groups in total. The molecular formula is C18H24N6O4S. The van der Waals surface area contributed by atoms with E-state index < -0.39 is 14.9 Å². The van der Waals surface area contributed by atoms with Crippen LogP contribution in [0.15, 0.2) is 35.7 Å². The van der Waals surface area contributed by atoms with Gasteiger partial charge in [0.15, 0.2) is 0 Å². The smallest absolute Gasteiger partial charge is 0.270 e. The highest BCUT2D eigenvalue weighted by Gasteiger charge is 2.33. The number of anilines is 1. The fourth-order valence-electron chi connectivity index (χ4n) is 4.18. The van der Waals surface area contributed by atoms with Crippen LogP contribution >= 0.6 is 0 Å². The topological polar surface area (TPSA) is 114 Å². The van der Waals surface area contributed by atoms with Crippen LogP contribution in [-0.4, -0.2) is 58.6 Å². The van der Waals surface area contributed by atoms with Gasteiger partial charge in [-0.05, 0) is 37.7 Å². The number of aromatic nitrogens is 3. The van der Waals surface area contributed by atoms with E-state index in [-0.39, 0.29) is 10.6 Å². The fourth-order valence-corrected chi connectivity index (χ4v) is 5.92. The molecule has 2 fully saturated rings. The minimum absolute atomic E-state index is 0.0370. The lowest BCUT2D eigenvalue weighted by atomic mass is 9.97. The van der Waals surface area contributed by atoms with Crippen molar-refractivity contribution in [1.29, 1.82) is 0 Å². The molecular weight excluding hydrogens is 396 g/mol. The summed E-state index contributed by atoms with van der Waals surface area (Å²) < 4.78 is 29.8. The average Bonchev–Trinajstić information content (AvgIpc) is 3.42. The molecule has 156 valence electrons. The predicted molar refractivity (Wildman–Crippen MR) is 106 cm³/mol. The van der Waals surface area contributed by atoms with E-state index in [1.54, 1.807) is 17.1 Å². The van der Waals surface area contributed by atoms with Crippen LogP contribution in [0.2, 0.25) is 0 Å². The number of hydrogen-bond acceptors (Lipinski definition) is 7. The molecule has 2 aromatic rings. The molecule has 2 aliphatic heterocycles. The van der Waals surface area contributed by atoms with E-state index in [0.29, 0.717) is 44.3 Å². The predicted octanol–water partition coefficient (Wildman–Crippen LogP) is 1.89. The summed E-state index contributed by atoms with van der Waals surface area (Å²) in [6, 6.07) is 4.18. The molecule has 3 heterocycles. The largest absolute Gasteiger partial charge is 0.370 e. The molecule has 0 aliphatic carbocycles. The monoisotopic (exact) mass is 420 g/mol. The molecule has 2 aliphatic rings. The minimum atomic E-state index is -3.78. The van der Waals surface area contributed by atoms with Gasteiger partial charge in [-0.2, -0.15) is 9.40 Å². The zero-order chi connectivity index (χ0) is 20.4. The Labute approximate surface area is 169 Å². The van der Waals surface area contributed by atoms with Gasteiger partial charge in [0.1, 0.15) is 17.6 Å². The second-order valence-electron chi connectivity index (χ2n) is 7.59. The number of nitro groups is 1. The summed E-state index contributed by atoms with van der Waals surface area (Å²) in [4.78, 5) is 16.8.